The lowest BCUT2D eigenvalue weighted by Crippen LogP contribution is -2.08. The van der Waals surface area contributed by atoms with Gasteiger partial charge in [0, 0.05) is 32.8 Å². The summed E-state index contributed by atoms with van der Waals surface area (Å²) >= 11 is 0. The van der Waals surface area contributed by atoms with Gasteiger partial charge in [-0.25, -0.2) is 0 Å². The second-order valence-corrected chi connectivity index (χ2v) is 12.1. The standard InChI is InChI=1S/C43H28N2O/c1-2-12-31(13-3-1)44-37-17-8-6-15-33(37)35-23-21-29(26-41(35)44)28-22-24-39-36(25-28)34-16-7-9-18-38(34)45(39)40-19-10-20-42-43(40)32-14-5-4-11-30(32)27-46-42/h1-26H,27H2. The molecule has 1 aliphatic heterocycles. The Hall–Kier alpha value is -6.06. The smallest absolute Gasteiger partial charge is 0.129 e. The molecule has 0 N–H and O–H groups in total. The van der Waals surface area contributed by atoms with Gasteiger partial charge in [-0.2, -0.15) is 0 Å². The van der Waals surface area contributed by atoms with Gasteiger partial charge in [-0.3, -0.25) is 0 Å². The van der Waals surface area contributed by atoms with Crippen LogP contribution >= 0.6 is 0 Å². The Morgan fingerprint density at radius 3 is 1.96 bits per heavy atom. The molecule has 1 aliphatic rings. The van der Waals surface area contributed by atoms with Gasteiger partial charge in [0.2, 0.25) is 0 Å². The van der Waals surface area contributed by atoms with Crippen LogP contribution in [0.15, 0.2) is 158 Å². The third-order valence-electron chi connectivity index (χ3n) is 9.61. The van der Waals surface area contributed by atoms with Crippen LogP contribution in [0.4, 0.5) is 0 Å². The van der Waals surface area contributed by atoms with Crippen molar-refractivity contribution in [3.63, 3.8) is 0 Å². The number of nitrogens with zero attached hydrogens (tertiary/aromatic N) is 2. The van der Waals surface area contributed by atoms with Crippen molar-refractivity contribution < 1.29 is 4.74 Å². The summed E-state index contributed by atoms with van der Waals surface area (Å²) in [6.07, 6.45) is 0. The maximum Gasteiger partial charge on any atom is 0.129 e. The molecule has 0 aliphatic carbocycles. The normalized spacial score (nSPS) is 12.4. The first-order chi connectivity index (χ1) is 22.8. The van der Waals surface area contributed by atoms with Crippen LogP contribution in [0.2, 0.25) is 0 Å². The monoisotopic (exact) mass is 588 g/mol. The van der Waals surface area contributed by atoms with E-state index in [4.69, 9.17) is 4.74 Å². The fraction of sp³-hybridized carbons (Fsp3) is 0.0233. The van der Waals surface area contributed by atoms with E-state index in [0.29, 0.717) is 6.61 Å². The maximum atomic E-state index is 6.27. The quantitative estimate of drug-likeness (QED) is 0.201. The molecular formula is C43H28N2O. The minimum absolute atomic E-state index is 0.594. The van der Waals surface area contributed by atoms with E-state index in [-0.39, 0.29) is 0 Å². The van der Waals surface area contributed by atoms with E-state index in [1.54, 1.807) is 0 Å². The number of fused-ring (bicyclic) bond motifs is 9. The van der Waals surface area contributed by atoms with Gasteiger partial charge in [-0.15, -0.1) is 0 Å². The Morgan fingerprint density at radius 1 is 0.435 bits per heavy atom. The van der Waals surface area contributed by atoms with Crippen molar-refractivity contribution in [2.24, 2.45) is 0 Å². The van der Waals surface area contributed by atoms with Gasteiger partial charge in [-0.1, -0.05) is 103 Å². The molecule has 0 saturated heterocycles. The summed E-state index contributed by atoms with van der Waals surface area (Å²) in [5.41, 5.74) is 13.1. The van der Waals surface area contributed by atoms with Gasteiger partial charge in [0.25, 0.3) is 0 Å². The van der Waals surface area contributed by atoms with Crippen LogP contribution < -0.4 is 4.74 Å². The van der Waals surface area contributed by atoms with Crippen molar-refractivity contribution in [1.82, 2.24) is 9.13 Å². The zero-order valence-electron chi connectivity index (χ0n) is 25.0. The molecule has 3 nitrogen and oxygen atoms in total. The van der Waals surface area contributed by atoms with E-state index in [1.807, 2.05) is 0 Å². The Labute approximate surface area is 266 Å². The van der Waals surface area contributed by atoms with Gasteiger partial charge in [0.1, 0.15) is 12.4 Å². The molecule has 7 aromatic carbocycles. The number of para-hydroxylation sites is 3. The highest BCUT2D eigenvalue weighted by Gasteiger charge is 2.23. The molecule has 0 unspecified atom stereocenters. The molecule has 0 saturated carbocycles. The Balaban J connectivity index is 1.21. The van der Waals surface area contributed by atoms with E-state index >= 15 is 0 Å². The van der Waals surface area contributed by atoms with E-state index in [1.165, 1.54) is 71.6 Å². The van der Waals surface area contributed by atoms with Crippen LogP contribution in [-0.4, -0.2) is 9.13 Å². The lowest BCUT2D eigenvalue weighted by atomic mass is 9.95. The van der Waals surface area contributed by atoms with Crippen molar-refractivity contribution >= 4 is 43.6 Å². The van der Waals surface area contributed by atoms with Gasteiger partial charge in [0.05, 0.1) is 27.8 Å². The molecular weight excluding hydrogens is 560 g/mol. The zero-order valence-corrected chi connectivity index (χ0v) is 25.0. The van der Waals surface area contributed by atoms with Crippen LogP contribution in [0.1, 0.15) is 5.56 Å². The molecule has 9 aromatic rings. The number of benzene rings is 7. The predicted octanol–water partition coefficient (Wildman–Crippen LogP) is 11.1. The van der Waals surface area contributed by atoms with Gasteiger partial charge >= 0.3 is 0 Å². The van der Waals surface area contributed by atoms with Crippen LogP contribution in [0.3, 0.4) is 0 Å². The van der Waals surface area contributed by atoms with E-state index in [0.717, 1.165) is 17.0 Å². The minimum Gasteiger partial charge on any atom is -0.488 e. The highest BCUT2D eigenvalue weighted by molar-refractivity contribution is 6.13. The predicted molar refractivity (Wildman–Crippen MR) is 190 cm³/mol. The first kappa shape index (κ1) is 25.3. The molecule has 0 atom stereocenters. The van der Waals surface area contributed by atoms with E-state index < -0.39 is 0 Å². The highest BCUT2D eigenvalue weighted by Crippen LogP contribution is 2.45. The molecule has 3 heteroatoms. The molecule has 2 aromatic heterocycles. The topological polar surface area (TPSA) is 19.1 Å². The Bertz CT molecular complexity index is 2640. The second kappa shape index (κ2) is 9.72. The van der Waals surface area contributed by atoms with Crippen molar-refractivity contribution in [2.45, 2.75) is 6.61 Å². The van der Waals surface area contributed by atoms with Crippen LogP contribution in [0, 0.1) is 0 Å². The molecule has 0 bridgehead atoms. The first-order valence-electron chi connectivity index (χ1n) is 15.8. The molecule has 0 radical (unpaired) electrons. The van der Waals surface area contributed by atoms with Gasteiger partial charge < -0.3 is 13.9 Å². The average molecular weight is 589 g/mol. The first-order valence-corrected chi connectivity index (χ1v) is 15.8. The molecule has 46 heavy (non-hydrogen) atoms. The number of aromatic nitrogens is 2. The van der Waals surface area contributed by atoms with Gasteiger partial charge in [0.15, 0.2) is 0 Å². The van der Waals surface area contributed by atoms with Crippen LogP contribution in [-0.2, 0) is 6.61 Å². The number of hydrogen-bond donors (Lipinski definition) is 0. The van der Waals surface area contributed by atoms with Crippen molar-refractivity contribution in [3.05, 3.63) is 163 Å². The van der Waals surface area contributed by atoms with E-state index in [9.17, 15) is 0 Å². The number of hydrogen-bond acceptors (Lipinski definition) is 1. The molecule has 3 heterocycles. The van der Waals surface area contributed by atoms with Crippen LogP contribution in [0.5, 0.6) is 5.75 Å². The fourth-order valence-corrected chi connectivity index (χ4v) is 7.56. The Kier molecular flexibility index (Phi) is 5.34. The number of rotatable bonds is 3. The summed E-state index contributed by atoms with van der Waals surface area (Å²) < 4.78 is 11.1. The summed E-state index contributed by atoms with van der Waals surface area (Å²) in [5, 5.41) is 5.00. The summed E-state index contributed by atoms with van der Waals surface area (Å²) in [4.78, 5) is 0. The summed E-state index contributed by atoms with van der Waals surface area (Å²) in [7, 11) is 0. The average Bonchev–Trinajstić information content (AvgIpc) is 3.64. The SMILES string of the molecule is c1ccc(-n2c3ccccc3c3ccc(-c4ccc5c(c4)c4ccccc4n5-c4cccc5c4-c4ccccc4CO5)cc32)cc1. The largest absolute Gasteiger partial charge is 0.488 e. The van der Waals surface area contributed by atoms with Crippen molar-refractivity contribution in [3.8, 4) is 39.4 Å². The number of ether oxygens (including phenoxy) is 1. The third kappa shape index (κ3) is 3.60. The lowest BCUT2D eigenvalue weighted by molar-refractivity contribution is 0.302. The molecule has 10 rings (SSSR count). The Morgan fingerprint density at radius 2 is 1.09 bits per heavy atom. The third-order valence-corrected chi connectivity index (χ3v) is 9.61. The molecule has 0 amide bonds. The van der Waals surface area contributed by atoms with Gasteiger partial charge in [-0.05, 0) is 76.9 Å². The second-order valence-electron chi connectivity index (χ2n) is 12.1. The van der Waals surface area contributed by atoms with Crippen molar-refractivity contribution in [1.29, 1.82) is 0 Å². The molecule has 216 valence electrons. The maximum absolute atomic E-state index is 6.27. The summed E-state index contributed by atoms with van der Waals surface area (Å²) in [6.45, 7) is 0.594. The zero-order chi connectivity index (χ0) is 30.2. The molecule has 0 fully saturated rings. The fourth-order valence-electron chi connectivity index (χ4n) is 7.56. The summed E-state index contributed by atoms with van der Waals surface area (Å²) in [5.74, 6) is 0.931. The molecule has 0 spiro atoms. The highest BCUT2D eigenvalue weighted by atomic mass is 16.5. The van der Waals surface area contributed by atoms with Crippen molar-refractivity contribution in [2.75, 3.05) is 0 Å². The van der Waals surface area contributed by atoms with E-state index in [2.05, 4.69) is 167 Å². The van der Waals surface area contributed by atoms with Crippen LogP contribution in [0.25, 0.3) is 77.2 Å². The lowest BCUT2D eigenvalue weighted by Gasteiger charge is -2.24. The minimum atomic E-state index is 0.594. The summed E-state index contributed by atoms with van der Waals surface area (Å²) in [6, 6.07) is 57.0.